The summed E-state index contributed by atoms with van der Waals surface area (Å²) in [5.74, 6) is 3.93. The van der Waals surface area contributed by atoms with Crippen molar-refractivity contribution in [2.24, 2.45) is 23.7 Å². The Kier molecular flexibility index (Phi) is 11.0. The highest BCUT2D eigenvalue weighted by atomic mass is 15.3. The van der Waals surface area contributed by atoms with Gasteiger partial charge in [-0.2, -0.15) is 0 Å². The second-order valence-electron chi connectivity index (χ2n) is 10.7. The second kappa shape index (κ2) is 12.7. The van der Waals surface area contributed by atoms with Gasteiger partial charge in [0.05, 0.1) is 0 Å². The van der Waals surface area contributed by atoms with E-state index in [4.69, 9.17) is 0 Å². The molecule has 29 heavy (non-hydrogen) atoms. The van der Waals surface area contributed by atoms with Gasteiger partial charge in [0, 0.05) is 38.3 Å². The van der Waals surface area contributed by atoms with E-state index >= 15 is 0 Å². The summed E-state index contributed by atoms with van der Waals surface area (Å²) in [5.41, 5.74) is 0.518. The summed E-state index contributed by atoms with van der Waals surface area (Å²) in [6, 6.07) is 0. The van der Waals surface area contributed by atoms with Crippen molar-refractivity contribution < 1.29 is 0 Å². The minimum atomic E-state index is 0.518. The van der Waals surface area contributed by atoms with Crippen molar-refractivity contribution in [3.8, 4) is 0 Å². The first-order chi connectivity index (χ1) is 14.1. The molecule has 1 saturated heterocycles. The molecule has 2 atom stereocenters. The van der Waals surface area contributed by atoms with Crippen LogP contribution in [0, 0.1) is 23.7 Å². The van der Waals surface area contributed by atoms with Gasteiger partial charge < -0.3 is 0 Å². The Morgan fingerprint density at radius 2 is 1.62 bits per heavy atom. The van der Waals surface area contributed by atoms with E-state index in [1.54, 1.807) is 0 Å². The largest absolute Gasteiger partial charge is 0.300 e. The fourth-order valence-corrected chi connectivity index (χ4v) is 6.82. The summed E-state index contributed by atoms with van der Waals surface area (Å²) in [6.45, 7) is 20.4. The molecule has 1 aliphatic heterocycles. The maximum absolute atomic E-state index is 2.99. The third-order valence-corrected chi connectivity index (χ3v) is 8.12. The van der Waals surface area contributed by atoms with Gasteiger partial charge in [0.15, 0.2) is 0 Å². The summed E-state index contributed by atoms with van der Waals surface area (Å²) >= 11 is 0. The Hall–Kier alpha value is -0.0800. The van der Waals surface area contributed by atoms with Crippen molar-refractivity contribution in [1.82, 2.24) is 9.80 Å². The zero-order valence-electron chi connectivity index (χ0n) is 21.0. The lowest BCUT2D eigenvalue weighted by atomic mass is 9.72. The number of hydrogen-bond acceptors (Lipinski definition) is 2. The van der Waals surface area contributed by atoms with Gasteiger partial charge >= 0.3 is 0 Å². The molecule has 172 valence electrons. The van der Waals surface area contributed by atoms with E-state index in [1.165, 1.54) is 103 Å². The zero-order chi connectivity index (χ0) is 21.3. The maximum atomic E-state index is 2.99. The third-order valence-electron chi connectivity index (χ3n) is 8.12. The lowest BCUT2D eigenvalue weighted by Gasteiger charge is -2.52. The van der Waals surface area contributed by atoms with Crippen LogP contribution >= 0.6 is 0 Å². The van der Waals surface area contributed by atoms with Crippen molar-refractivity contribution >= 4 is 0 Å². The fraction of sp³-hybridized carbons (Fsp3) is 1.00. The molecule has 0 radical (unpaired) electrons. The molecule has 0 bridgehead atoms. The van der Waals surface area contributed by atoms with Crippen molar-refractivity contribution in [3.05, 3.63) is 0 Å². The monoisotopic (exact) mass is 406 g/mol. The molecule has 0 N–H and O–H groups in total. The molecule has 1 heterocycles. The number of rotatable bonds is 10. The molecule has 3 fully saturated rings. The van der Waals surface area contributed by atoms with E-state index in [9.17, 15) is 0 Å². The van der Waals surface area contributed by atoms with Gasteiger partial charge in [-0.15, -0.1) is 0 Å². The summed E-state index contributed by atoms with van der Waals surface area (Å²) in [6.07, 6.45) is 15.8. The van der Waals surface area contributed by atoms with Gasteiger partial charge in [-0.25, -0.2) is 0 Å². The first-order valence-electron chi connectivity index (χ1n) is 13.6. The molecule has 0 aromatic carbocycles. The minimum absolute atomic E-state index is 0.518. The van der Waals surface area contributed by atoms with E-state index in [0.717, 1.165) is 23.7 Å². The Morgan fingerprint density at radius 3 is 2.17 bits per heavy atom. The first-order valence-corrected chi connectivity index (χ1v) is 13.6. The highest BCUT2D eigenvalue weighted by Crippen LogP contribution is 2.43. The molecule has 2 saturated carbocycles. The van der Waals surface area contributed by atoms with E-state index in [1.807, 2.05) is 13.8 Å². The van der Waals surface area contributed by atoms with Crippen LogP contribution in [0.4, 0.5) is 0 Å². The van der Waals surface area contributed by atoms with Crippen molar-refractivity contribution in [1.29, 1.82) is 0 Å². The number of hydrogen-bond donors (Lipinski definition) is 0. The Morgan fingerprint density at radius 1 is 0.931 bits per heavy atom. The van der Waals surface area contributed by atoms with Crippen molar-refractivity contribution in [2.75, 3.05) is 32.7 Å². The van der Waals surface area contributed by atoms with Crippen LogP contribution in [0.5, 0.6) is 0 Å². The normalized spacial score (nSPS) is 33.0. The molecule has 0 amide bonds. The van der Waals surface area contributed by atoms with Crippen LogP contribution < -0.4 is 0 Å². The molecule has 2 unspecified atom stereocenters. The van der Waals surface area contributed by atoms with Gasteiger partial charge in [0.1, 0.15) is 0 Å². The molecular weight excluding hydrogens is 352 g/mol. The van der Waals surface area contributed by atoms with Crippen LogP contribution in [0.25, 0.3) is 0 Å². The van der Waals surface area contributed by atoms with E-state index in [0.29, 0.717) is 5.54 Å². The number of nitrogens with zero attached hydrogens (tertiary/aromatic N) is 2. The summed E-state index contributed by atoms with van der Waals surface area (Å²) in [5, 5.41) is 0. The number of piperazine rings is 1. The van der Waals surface area contributed by atoms with Crippen LogP contribution in [0.3, 0.4) is 0 Å². The molecule has 2 heteroatoms. The molecule has 2 nitrogen and oxygen atoms in total. The van der Waals surface area contributed by atoms with Gasteiger partial charge in [-0.05, 0) is 68.6 Å². The summed E-state index contributed by atoms with van der Waals surface area (Å²) < 4.78 is 0. The lowest BCUT2D eigenvalue weighted by molar-refractivity contribution is -0.0262. The summed E-state index contributed by atoms with van der Waals surface area (Å²) in [7, 11) is 0. The Bertz CT molecular complexity index is 424. The third kappa shape index (κ3) is 6.96. The van der Waals surface area contributed by atoms with E-state index in [-0.39, 0.29) is 0 Å². The molecule has 0 aromatic rings. The zero-order valence-corrected chi connectivity index (χ0v) is 21.0. The quantitative estimate of drug-likeness (QED) is 0.377. The topological polar surface area (TPSA) is 6.48 Å². The summed E-state index contributed by atoms with van der Waals surface area (Å²) in [4.78, 5) is 5.87. The molecular formula is C27H54N2. The average molecular weight is 407 g/mol. The molecule has 1 spiro atoms. The smallest absolute Gasteiger partial charge is 0.0339 e. The minimum Gasteiger partial charge on any atom is -0.300 e. The highest BCUT2D eigenvalue weighted by molar-refractivity contribution is 5.03. The average Bonchev–Trinajstić information content (AvgIpc) is 3.05. The Balaban J connectivity index is 0.00000145. The van der Waals surface area contributed by atoms with Gasteiger partial charge in [-0.3, -0.25) is 9.80 Å². The van der Waals surface area contributed by atoms with Crippen molar-refractivity contribution in [2.45, 2.75) is 118 Å². The molecule has 3 rings (SSSR count). The van der Waals surface area contributed by atoms with Gasteiger partial charge in [0.2, 0.25) is 0 Å². The fourth-order valence-electron chi connectivity index (χ4n) is 6.82. The highest BCUT2D eigenvalue weighted by Gasteiger charge is 2.46. The van der Waals surface area contributed by atoms with Crippen LogP contribution in [0.2, 0.25) is 0 Å². The predicted molar refractivity (Wildman–Crippen MR) is 130 cm³/mol. The predicted octanol–water partition coefficient (Wildman–Crippen LogP) is 7.23. The SMILES string of the molecule is CC.CCCC1CC(CN2CCN(CC(CCC)CCC)C3(CCC(C)C3)C2)C1. The van der Waals surface area contributed by atoms with Crippen LogP contribution in [0.15, 0.2) is 0 Å². The lowest BCUT2D eigenvalue weighted by Crippen LogP contribution is -2.62. The molecule has 0 aromatic heterocycles. The van der Waals surface area contributed by atoms with Crippen LogP contribution in [-0.2, 0) is 0 Å². The Labute approximate surface area is 184 Å². The van der Waals surface area contributed by atoms with Gasteiger partial charge in [0.25, 0.3) is 0 Å². The van der Waals surface area contributed by atoms with Gasteiger partial charge in [-0.1, -0.05) is 67.2 Å². The molecule has 3 aliphatic rings. The first kappa shape index (κ1) is 25.2. The van der Waals surface area contributed by atoms with E-state index in [2.05, 4.69) is 37.5 Å². The molecule has 2 aliphatic carbocycles. The maximum Gasteiger partial charge on any atom is 0.0339 e. The van der Waals surface area contributed by atoms with Crippen LogP contribution in [-0.4, -0.2) is 48.1 Å². The van der Waals surface area contributed by atoms with E-state index < -0.39 is 0 Å². The van der Waals surface area contributed by atoms with Crippen molar-refractivity contribution in [3.63, 3.8) is 0 Å². The van der Waals surface area contributed by atoms with Crippen LogP contribution in [0.1, 0.15) is 112 Å². The standard InChI is InChI=1S/C25H48N2.C2H6/c1-5-8-22(9-6-2)19-27-14-13-26(18-24-15-23(16-24)10-7-3)20-25(27)12-11-21(4)17-25;1-2/h21-24H,5-20H2,1-4H3;1-2H3. The second-order valence-corrected chi connectivity index (χ2v) is 10.7.